The first-order chi connectivity index (χ1) is 3.48. The molecule has 0 heterocycles. The van der Waals surface area contributed by atoms with Crippen LogP contribution in [0.5, 0.6) is 0 Å². The minimum atomic E-state index is -4.12. The zero-order chi connectivity index (χ0) is 6.78. The summed E-state index contributed by atoms with van der Waals surface area (Å²) in [6, 6.07) is 0. The van der Waals surface area contributed by atoms with Crippen LogP contribution in [0.4, 0.5) is 0 Å². The van der Waals surface area contributed by atoms with Crippen LogP contribution < -0.4 is 29.6 Å². The van der Waals surface area contributed by atoms with Crippen LogP contribution in [0.25, 0.3) is 0 Å². The van der Waals surface area contributed by atoms with E-state index in [0.717, 1.165) is 10.8 Å². The van der Waals surface area contributed by atoms with Gasteiger partial charge in [-0.25, -0.2) is 8.42 Å². The second kappa shape index (κ2) is 5.29. The van der Waals surface area contributed by atoms with Gasteiger partial charge in [0, 0.05) is 0 Å². The van der Waals surface area contributed by atoms with E-state index in [4.69, 9.17) is 0 Å². The summed E-state index contributed by atoms with van der Waals surface area (Å²) < 4.78 is 28.9. The van der Waals surface area contributed by atoms with Crippen molar-refractivity contribution in [3.8, 4) is 0 Å². The second-order valence-electron chi connectivity index (χ2n) is 1.17. The average molecular weight is 196 g/mol. The predicted octanol–water partition coefficient (Wildman–Crippen LogP) is -2.54. The Kier molecular flexibility index (Phi) is 7.76. The molecule has 0 amide bonds. The van der Waals surface area contributed by atoms with Gasteiger partial charge in [0.2, 0.25) is 0 Å². The molecular formula is C2H5NaO3S3. The van der Waals surface area contributed by atoms with Crippen molar-refractivity contribution in [2.45, 2.75) is 11.5 Å². The van der Waals surface area contributed by atoms with Crippen LogP contribution in [0.2, 0.25) is 0 Å². The number of thiol groups is 1. The molecule has 50 valence electrons. The van der Waals surface area contributed by atoms with Crippen molar-refractivity contribution >= 4 is 32.6 Å². The minimum Gasteiger partial charge on any atom is -0.747 e. The van der Waals surface area contributed by atoms with E-state index in [2.05, 4.69) is 11.7 Å². The van der Waals surface area contributed by atoms with E-state index in [1.807, 2.05) is 0 Å². The molecule has 0 radical (unpaired) electrons. The fourth-order valence-electron chi connectivity index (χ4n) is 0.0527. The Hall–Kier alpha value is 1.61. The third-order valence-electron chi connectivity index (χ3n) is 0.555. The van der Waals surface area contributed by atoms with E-state index in [1.165, 1.54) is 6.92 Å². The van der Waals surface area contributed by atoms with E-state index in [-0.39, 0.29) is 29.6 Å². The topological polar surface area (TPSA) is 57.2 Å². The minimum absolute atomic E-state index is 0. The van der Waals surface area contributed by atoms with Gasteiger partial charge in [-0.05, 0) is 6.92 Å². The standard InChI is InChI=1S/C2H6O3S3.Na/c1-2(7-6)8(3,4)5;/h2,6H,1H3,(H,3,4,5);/q;+1/p-1. The zero-order valence-corrected chi connectivity index (χ0v) is 9.59. The molecule has 0 spiro atoms. The number of hydrogen-bond acceptors (Lipinski definition) is 5. The largest absolute Gasteiger partial charge is 1.00 e. The van der Waals surface area contributed by atoms with Crippen LogP contribution in [0.3, 0.4) is 0 Å². The number of rotatable bonds is 2. The number of hydrogen-bond donors (Lipinski definition) is 1. The normalized spacial score (nSPS) is 14.1. The third-order valence-corrected chi connectivity index (χ3v) is 4.04. The molecular weight excluding hydrogens is 191 g/mol. The van der Waals surface area contributed by atoms with Crippen LogP contribution >= 0.6 is 22.5 Å². The third kappa shape index (κ3) is 6.03. The van der Waals surface area contributed by atoms with Gasteiger partial charge in [-0.3, -0.25) is 0 Å². The first kappa shape index (κ1) is 13.2. The second-order valence-corrected chi connectivity index (χ2v) is 4.71. The van der Waals surface area contributed by atoms with Gasteiger partial charge in [0.05, 0.1) is 0 Å². The van der Waals surface area contributed by atoms with Gasteiger partial charge in [-0.1, -0.05) is 10.8 Å². The molecule has 1 atom stereocenters. The van der Waals surface area contributed by atoms with E-state index in [9.17, 15) is 13.0 Å². The fourth-order valence-corrected chi connectivity index (χ4v) is 1.42. The quantitative estimate of drug-likeness (QED) is 0.229. The van der Waals surface area contributed by atoms with Crippen molar-refractivity contribution in [1.82, 2.24) is 0 Å². The molecule has 0 saturated heterocycles. The summed E-state index contributed by atoms with van der Waals surface area (Å²) in [6.45, 7) is 1.29. The Morgan fingerprint density at radius 2 is 2.00 bits per heavy atom. The Labute approximate surface area is 85.8 Å². The van der Waals surface area contributed by atoms with Crippen molar-refractivity contribution < 1.29 is 42.5 Å². The molecule has 0 aliphatic rings. The molecule has 0 fully saturated rings. The van der Waals surface area contributed by atoms with Gasteiger partial charge in [0.1, 0.15) is 14.7 Å². The first-order valence-electron chi connectivity index (χ1n) is 1.73. The summed E-state index contributed by atoms with van der Waals surface area (Å²) in [7, 11) is -3.39. The van der Waals surface area contributed by atoms with Gasteiger partial charge in [0.15, 0.2) is 0 Å². The Morgan fingerprint density at radius 1 is 1.67 bits per heavy atom. The molecule has 1 unspecified atom stereocenters. The summed E-state index contributed by atoms with van der Waals surface area (Å²) in [6.07, 6.45) is 0. The van der Waals surface area contributed by atoms with Crippen LogP contribution in [0, 0.1) is 0 Å². The van der Waals surface area contributed by atoms with Crippen molar-refractivity contribution in [2.24, 2.45) is 0 Å². The molecule has 0 bridgehead atoms. The van der Waals surface area contributed by atoms with Gasteiger partial charge in [0.25, 0.3) is 0 Å². The van der Waals surface area contributed by atoms with Gasteiger partial charge < -0.3 is 4.55 Å². The molecule has 0 saturated carbocycles. The van der Waals surface area contributed by atoms with E-state index < -0.39 is 14.7 Å². The molecule has 3 nitrogen and oxygen atoms in total. The van der Waals surface area contributed by atoms with Crippen LogP contribution in [-0.4, -0.2) is 17.6 Å². The molecule has 7 heteroatoms. The van der Waals surface area contributed by atoms with Crippen LogP contribution in [0.15, 0.2) is 0 Å². The molecule has 0 aromatic rings. The van der Waals surface area contributed by atoms with E-state index >= 15 is 0 Å². The predicted molar refractivity (Wildman–Crippen MR) is 35.7 cm³/mol. The molecule has 0 aliphatic heterocycles. The van der Waals surface area contributed by atoms with E-state index in [0.29, 0.717) is 0 Å². The van der Waals surface area contributed by atoms with E-state index in [1.54, 1.807) is 0 Å². The average Bonchev–Trinajstić information content (AvgIpc) is 1.62. The first-order valence-corrected chi connectivity index (χ1v) is 5.13. The van der Waals surface area contributed by atoms with Crippen LogP contribution in [-0.2, 0) is 10.1 Å². The Balaban J connectivity index is 0. The summed E-state index contributed by atoms with van der Waals surface area (Å²) in [5.74, 6) is 0. The molecule has 0 N–H and O–H groups in total. The maximum atomic E-state index is 9.94. The Morgan fingerprint density at radius 3 is 2.00 bits per heavy atom. The molecule has 0 aromatic carbocycles. The molecule has 0 rings (SSSR count). The van der Waals surface area contributed by atoms with Crippen molar-refractivity contribution in [1.29, 1.82) is 0 Å². The van der Waals surface area contributed by atoms with Crippen molar-refractivity contribution in [2.75, 3.05) is 0 Å². The summed E-state index contributed by atoms with van der Waals surface area (Å²) in [5.41, 5.74) is 0. The van der Waals surface area contributed by atoms with Crippen molar-refractivity contribution in [3.63, 3.8) is 0 Å². The molecule has 0 aliphatic carbocycles. The SMILES string of the molecule is CC(SS)S(=O)(=O)[O-].[Na+]. The molecule has 9 heavy (non-hydrogen) atoms. The van der Waals surface area contributed by atoms with Gasteiger partial charge >= 0.3 is 29.6 Å². The summed E-state index contributed by atoms with van der Waals surface area (Å²) in [4.78, 5) is 0. The fraction of sp³-hybridized carbons (Fsp3) is 1.00. The maximum Gasteiger partial charge on any atom is 1.00 e. The summed E-state index contributed by atoms with van der Waals surface area (Å²) >= 11 is 3.55. The summed E-state index contributed by atoms with van der Waals surface area (Å²) in [5, 5.41) is 0. The smallest absolute Gasteiger partial charge is 0.747 e. The van der Waals surface area contributed by atoms with Crippen molar-refractivity contribution in [3.05, 3.63) is 0 Å². The van der Waals surface area contributed by atoms with Gasteiger partial charge in [-0.2, -0.15) is 0 Å². The monoisotopic (exact) mass is 196 g/mol. The Bertz CT molecular complexity index is 152. The molecule has 0 aromatic heterocycles. The van der Waals surface area contributed by atoms with Gasteiger partial charge in [-0.15, -0.1) is 11.7 Å². The van der Waals surface area contributed by atoms with Crippen LogP contribution in [0.1, 0.15) is 6.92 Å². The zero-order valence-electron chi connectivity index (χ0n) is 5.07. The maximum absolute atomic E-state index is 9.94.